The maximum absolute atomic E-state index is 13.9. The number of likely N-dealkylation sites (N-methyl/N-ethyl adjacent to an activating group) is 1. The van der Waals surface area contributed by atoms with E-state index in [0.717, 1.165) is 12.8 Å². The zero-order valence-corrected chi connectivity index (χ0v) is 14.9. The lowest BCUT2D eigenvalue weighted by molar-refractivity contribution is -0.141. The zero-order valence-electron chi connectivity index (χ0n) is 14.9. The molecule has 0 spiro atoms. The van der Waals surface area contributed by atoms with E-state index in [2.05, 4.69) is 0 Å². The Morgan fingerprint density at radius 1 is 1.16 bits per heavy atom. The van der Waals surface area contributed by atoms with Crippen molar-refractivity contribution >= 4 is 11.8 Å². The van der Waals surface area contributed by atoms with E-state index in [0.29, 0.717) is 31.7 Å². The Morgan fingerprint density at radius 3 is 2.36 bits per heavy atom. The van der Waals surface area contributed by atoms with Gasteiger partial charge in [0.1, 0.15) is 5.82 Å². The molecule has 0 bridgehead atoms. The van der Waals surface area contributed by atoms with E-state index >= 15 is 0 Å². The normalized spacial score (nSPS) is 19.2. The molecule has 136 valence electrons. The van der Waals surface area contributed by atoms with Gasteiger partial charge in [0.25, 0.3) is 0 Å². The molecule has 0 radical (unpaired) electrons. The lowest BCUT2D eigenvalue weighted by Crippen LogP contribution is -2.52. The summed E-state index contributed by atoms with van der Waals surface area (Å²) in [4.78, 5) is 30.2. The van der Waals surface area contributed by atoms with E-state index in [1.165, 1.54) is 6.07 Å². The average Bonchev–Trinajstić information content (AvgIpc) is 3.46. The summed E-state index contributed by atoms with van der Waals surface area (Å²) in [5, 5.41) is 0. The average molecular weight is 347 g/mol. The number of rotatable bonds is 5. The second-order valence-corrected chi connectivity index (χ2v) is 7.09. The van der Waals surface area contributed by atoms with Gasteiger partial charge < -0.3 is 9.80 Å². The van der Waals surface area contributed by atoms with Gasteiger partial charge >= 0.3 is 0 Å². The van der Waals surface area contributed by atoms with E-state index in [1.54, 1.807) is 23.1 Å². The Labute approximate surface area is 148 Å². The van der Waals surface area contributed by atoms with Crippen LogP contribution in [0.1, 0.15) is 31.4 Å². The summed E-state index contributed by atoms with van der Waals surface area (Å²) in [5.74, 6) is 0.262. The van der Waals surface area contributed by atoms with Crippen LogP contribution in [0.25, 0.3) is 0 Å². The van der Waals surface area contributed by atoms with Crippen molar-refractivity contribution in [2.75, 3.05) is 39.8 Å². The standard InChI is InChI=1S/C19H26FN3O2/c1-14(16-5-3-4-6-17(16)20)21(2)13-18(24)22-9-11-23(12-10-22)19(25)15-7-8-15/h3-6,14-15H,7-13H2,1-2H3. The third-order valence-corrected chi connectivity index (χ3v) is 5.27. The highest BCUT2D eigenvalue weighted by Gasteiger charge is 2.35. The van der Waals surface area contributed by atoms with E-state index in [-0.39, 0.29) is 36.1 Å². The van der Waals surface area contributed by atoms with Crippen LogP contribution in [0.5, 0.6) is 0 Å². The van der Waals surface area contributed by atoms with Crippen LogP contribution < -0.4 is 0 Å². The number of carbonyl (C=O) groups excluding carboxylic acids is 2. The molecule has 1 aliphatic heterocycles. The van der Waals surface area contributed by atoms with Gasteiger partial charge in [-0.1, -0.05) is 18.2 Å². The van der Waals surface area contributed by atoms with Crippen LogP contribution in [0, 0.1) is 11.7 Å². The molecule has 1 aliphatic carbocycles. The van der Waals surface area contributed by atoms with Gasteiger partial charge in [0.15, 0.2) is 0 Å². The van der Waals surface area contributed by atoms with Crippen LogP contribution in [0.2, 0.25) is 0 Å². The van der Waals surface area contributed by atoms with Gasteiger partial charge in [-0.3, -0.25) is 14.5 Å². The quantitative estimate of drug-likeness (QED) is 0.817. The summed E-state index contributed by atoms with van der Waals surface area (Å²) in [6.07, 6.45) is 2.02. The second kappa shape index (κ2) is 7.52. The fraction of sp³-hybridized carbons (Fsp3) is 0.579. The van der Waals surface area contributed by atoms with Crippen LogP contribution in [-0.4, -0.2) is 66.3 Å². The molecule has 1 aromatic rings. The predicted molar refractivity (Wildman–Crippen MR) is 93.3 cm³/mol. The lowest BCUT2D eigenvalue weighted by atomic mass is 10.1. The first kappa shape index (κ1) is 17.9. The van der Waals surface area contributed by atoms with Gasteiger partial charge in [0, 0.05) is 43.7 Å². The number of carbonyl (C=O) groups is 2. The van der Waals surface area contributed by atoms with Gasteiger partial charge in [0.2, 0.25) is 11.8 Å². The highest BCUT2D eigenvalue weighted by Crippen LogP contribution is 2.31. The van der Waals surface area contributed by atoms with Crippen molar-refractivity contribution in [3.05, 3.63) is 35.6 Å². The van der Waals surface area contributed by atoms with Crippen LogP contribution in [-0.2, 0) is 9.59 Å². The summed E-state index contributed by atoms with van der Waals surface area (Å²) >= 11 is 0. The molecule has 25 heavy (non-hydrogen) atoms. The van der Waals surface area contributed by atoms with Crippen LogP contribution in [0.3, 0.4) is 0 Å². The molecule has 1 aromatic carbocycles. The number of amides is 2. The van der Waals surface area contributed by atoms with Crippen LogP contribution in [0.15, 0.2) is 24.3 Å². The van der Waals surface area contributed by atoms with Crippen molar-refractivity contribution in [3.63, 3.8) is 0 Å². The molecule has 2 aliphatic rings. The molecule has 1 atom stereocenters. The summed E-state index contributed by atoms with van der Waals surface area (Å²) < 4.78 is 13.9. The summed E-state index contributed by atoms with van der Waals surface area (Å²) in [7, 11) is 1.84. The maximum atomic E-state index is 13.9. The van der Waals surface area contributed by atoms with Crippen molar-refractivity contribution in [3.8, 4) is 0 Å². The van der Waals surface area contributed by atoms with E-state index in [9.17, 15) is 14.0 Å². The Balaban J connectivity index is 1.50. The summed E-state index contributed by atoms with van der Waals surface area (Å²) in [6.45, 7) is 4.55. The van der Waals surface area contributed by atoms with E-state index in [1.807, 2.05) is 23.8 Å². The number of benzene rings is 1. The first-order valence-electron chi connectivity index (χ1n) is 8.98. The fourth-order valence-corrected chi connectivity index (χ4v) is 3.27. The topological polar surface area (TPSA) is 43.9 Å². The molecule has 1 saturated heterocycles. The molecule has 6 heteroatoms. The lowest BCUT2D eigenvalue weighted by Gasteiger charge is -2.36. The monoisotopic (exact) mass is 347 g/mol. The Bertz CT molecular complexity index is 639. The van der Waals surface area contributed by atoms with Crippen molar-refractivity contribution in [2.24, 2.45) is 5.92 Å². The highest BCUT2D eigenvalue weighted by molar-refractivity contribution is 5.82. The molecule has 1 unspecified atom stereocenters. The van der Waals surface area contributed by atoms with Gasteiger partial charge in [-0.15, -0.1) is 0 Å². The largest absolute Gasteiger partial charge is 0.339 e. The minimum atomic E-state index is -0.249. The molecule has 0 N–H and O–H groups in total. The number of hydrogen-bond donors (Lipinski definition) is 0. The third-order valence-electron chi connectivity index (χ3n) is 5.27. The van der Waals surface area contributed by atoms with E-state index in [4.69, 9.17) is 0 Å². The van der Waals surface area contributed by atoms with E-state index < -0.39 is 0 Å². The number of piperazine rings is 1. The van der Waals surface area contributed by atoms with Crippen LogP contribution in [0.4, 0.5) is 4.39 Å². The van der Waals surface area contributed by atoms with Crippen molar-refractivity contribution in [1.29, 1.82) is 0 Å². The van der Waals surface area contributed by atoms with Gasteiger partial charge in [-0.2, -0.15) is 0 Å². The van der Waals surface area contributed by atoms with Crippen molar-refractivity contribution in [2.45, 2.75) is 25.8 Å². The molecule has 5 nitrogen and oxygen atoms in total. The van der Waals surface area contributed by atoms with Crippen LogP contribution >= 0.6 is 0 Å². The number of nitrogens with zero attached hydrogens (tertiary/aromatic N) is 3. The molecule has 0 aromatic heterocycles. The fourth-order valence-electron chi connectivity index (χ4n) is 3.27. The minimum absolute atomic E-state index is 0.0317. The molecule has 2 amide bonds. The Kier molecular flexibility index (Phi) is 5.37. The molecule has 1 heterocycles. The number of hydrogen-bond acceptors (Lipinski definition) is 3. The maximum Gasteiger partial charge on any atom is 0.236 e. The molecular weight excluding hydrogens is 321 g/mol. The Hall–Kier alpha value is -1.95. The van der Waals surface area contributed by atoms with Crippen molar-refractivity contribution in [1.82, 2.24) is 14.7 Å². The first-order chi connectivity index (χ1) is 12.0. The second-order valence-electron chi connectivity index (χ2n) is 7.09. The molecular formula is C19H26FN3O2. The zero-order chi connectivity index (χ0) is 18.0. The molecule has 1 saturated carbocycles. The van der Waals surface area contributed by atoms with Crippen molar-refractivity contribution < 1.29 is 14.0 Å². The third kappa shape index (κ3) is 4.18. The SMILES string of the molecule is CC(c1ccccc1F)N(C)CC(=O)N1CCN(C(=O)C2CC2)CC1. The molecule has 3 rings (SSSR count). The van der Waals surface area contributed by atoms with Gasteiger partial charge in [0.05, 0.1) is 6.54 Å². The van der Waals surface area contributed by atoms with Gasteiger partial charge in [-0.05, 0) is 32.9 Å². The summed E-state index contributed by atoms with van der Waals surface area (Å²) in [6, 6.07) is 6.49. The predicted octanol–water partition coefficient (Wildman–Crippen LogP) is 1.90. The Morgan fingerprint density at radius 2 is 1.76 bits per heavy atom. The smallest absolute Gasteiger partial charge is 0.236 e. The molecule has 2 fully saturated rings. The van der Waals surface area contributed by atoms with Gasteiger partial charge in [-0.25, -0.2) is 4.39 Å². The number of halogens is 1. The summed E-state index contributed by atoms with van der Waals surface area (Å²) in [5.41, 5.74) is 0.595. The first-order valence-corrected chi connectivity index (χ1v) is 8.98. The highest BCUT2D eigenvalue weighted by atomic mass is 19.1. The minimum Gasteiger partial charge on any atom is -0.339 e.